The van der Waals surface area contributed by atoms with Gasteiger partial charge in [0.1, 0.15) is 17.5 Å². The van der Waals surface area contributed by atoms with Crippen LogP contribution in [0.5, 0.6) is 5.75 Å². The average Bonchev–Trinajstić information content (AvgIpc) is 2.70. The summed E-state index contributed by atoms with van der Waals surface area (Å²) in [4.78, 5) is 21.0. The molecule has 1 aromatic heterocycles. The molecule has 0 fully saturated rings. The van der Waals surface area contributed by atoms with E-state index in [1.807, 2.05) is 44.2 Å². The van der Waals surface area contributed by atoms with E-state index in [4.69, 9.17) is 10.00 Å². The molecule has 0 radical (unpaired) electrons. The van der Waals surface area contributed by atoms with Gasteiger partial charge in [0.05, 0.1) is 23.0 Å². The topological polar surface area (TPSA) is 99.9 Å². The van der Waals surface area contributed by atoms with Crippen molar-refractivity contribution in [3.8, 4) is 11.8 Å². The fourth-order valence-electron chi connectivity index (χ4n) is 2.47. The maximum atomic E-state index is 12.5. The van der Waals surface area contributed by atoms with Crippen molar-refractivity contribution >= 4 is 23.2 Å². The van der Waals surface area contributed by atoms with Gasteiger partial charge >= 0.3 is 0 Å². The number of hydrogen-bond donors (Lipinski definition) is 2. The second kappa shape index (κ2) is 8.64. The molecule has 0 atom stereocenters. The Hall–Kier alpha value is -3.92. The van der Waals surface area contributed by atoms with Crippen molar-refractivity contribution in [2.24, 2.45) is 0 Å². The SMILES string of the molecule is CC(C)Oc1ccccc1Nc1nccc(C(=O)Nc2ccccc2C#N)n1. The Kier molecular flexibility index (Phi) is 5.82. The normalized spacial score (nSPS) is 10.2. The minimum absolute atomic E-state index is 0.0150. The van der Waals surface area contributed by atoms with Crippen LogP contribution in [-0.2, 0) is 0 Å². The Morgan fingerprint density at radius 1 is 1.07 bits per heavy atom. The van der Waals surface area contributed by atoms with Crippen molar-refractivity contribution < 1.29 is 9.53 Å². The van der Waals surface area contributed by atoms with Gasteiger partial charge in [-0.25, -0.2) is 9.97 Å². The van der Waals surface area contributed by atoms with Crippen molar-refractivity contribution in [1.29, 1.82) is 5.26 Å². The van der Waals surface area contributed by atoms with Gasteiger partial charge in [0.2, 0.25) is 5.95 Å². The predicted octanol–water partition coefficient (Wildman–Crippen LogP) is 4.13. The van der Waals surface area contributed by atoms with Crippen LogP contribution in [0.15, 0.2) is 60.8 Å². The molecule has 2 aromatic carbocycles. The number of hydrogen-bond acceptors (Lipinski definition) is 6. The van der Waals surface area contributed by atoms with E-state index >= 15 is 0 Å². The van der Waals surface area contributed by atoms with E-state index in [0.29, 0.717) is 22.7 Å². The van der Waals surface area contributed by atoms with Crippen LogP contribution in [0, 0.1) is 11.3 Å². The summed E-state index contributed by atoms with van der Waals surface area (Å²) >= 11 is 0. The number of nitrogens with one attached hydrogen (secondary N) is 2. The molecule has 0 bridgehead atoms. The van der Waals surface area contributed by atoms with E-state index in [1.165, 1.54) is 12.3 Å². The lowest BCUT2D eigenvalue weighted by molar-refractivity contribution is 0.102. The molecule has 1 amide bonds. The van der Waals surface area contributed by atoms with Gasteiger partial charge in [-0.2, -0.15) is 5.26 Å². The first-order valence-electron chi connectivity index (χ1n) is 8.73. The zero-order chi connectivity index (χ0) is 19.9. The second-order valence-corrected chi connectivity index (χ2v) is 6.16. The highest BCUT2D eigenvalue weighted by molar-refractivity contribution is 6.03. The number of ether oxygens (including phenoxy) is 1. The Morgan fingerprint density at radius 2 is 1.79 bits per heavy atom. The molecule has 3 aromatic rings. The third-order valence-electron chi connectivity index (χ3n) is 3.68. The molecule has 0 aliphatic rings. The first-order chi connectivity index (χ1) is 13.6. The highest BCUT2D eigenvalue weighted by Gasteiger charge is 2.12. The number of nitriles is 1. The van der Waals surface area contributed by atoms with Gasteiger partial charge in [-0.05, 0) is 44.2 Å². The summed E-state index contributed by atoms with van der Waals surface area (Å²) in [5.41, 5.74) is 1.68. The Bertz CT molecular complexity index is 1030. The van der Waals surface area contributed by atoms with Crippen molar-refractivity contribution in [3.05, 3.63) is 72.1 Å². The molecule has 7 heteroatoms. The van der Waals surface area contributed by atoms with Crippen LogP contribution < -0.4 is 15.4 Å². The minimum Gasteiger partial charge on any atom is -0.489 e. The van der Waals surface area contributed by atoms with Gasteiger partial charge in [0, 0.05) is 6.20 Å². The van der Waals surface area contributed by atoms with Crippen molar-refractivity contribution in [3.63, 3.8) is 0 Å². The van der Waals surface area contributed by atoms with Crippen LogP contribution in [-0.4, -0.2) is 22.0 Å². The van der Waals surface area contributed by atoms with Crippen LogP contribution >= 0.6 is 0 Å². The lowest BCUT2D eigenvalue weighted by Crippen LogP contribution is -2.15. The smallest absolute Gasteiger partial charge is 0.274 e. The van der Waals surface area contributed by atoms with E-state index in [-0.39, 0.29) is 17.7 Å². The van der Waals surface area contributed by atoms with Gasteiger partial charge in [-0.15, -0.1) is 0 Å². The van der Waals surface area contributed by atoms with Gasteiger partial charge in [-0.3, -0.25) is 4.79 Å². The quantitative estimate of drug-likeness (QED) is 0.674. The van der Waals surface area contributed by atoms with E-state index in [9.17, 15) is 4.79 Å². The Labute approximate surface area is 163 Å². The lowest BCUT2D eigenvalue weighted by atomic mass is 10.2. The summed E-state index contributed by atoms with van der Waals surface area (Å²) in [5.74, 6) is 0.500. The monoisotopic (exact) mass is 373 g/mol. The maximum Gasteiger partial charge on any atom is 0.274 e. The van der Waals surface area contributed by atoms with E-state index < -0.39 is 5.91 Å². The largest absolute Gasteiger partial charge is 0.489 e. The zero-order valence-electron chi connectivity index (χ0n) is 15.5. The fourth-order valence-corrected chi connectivity index (χ4v) is 2.47. The number of aromatic nitrogens is 2. The van der Waals surface area contributed by atoms with Crippen LogP contribution in [0.3, 0.4) is 0 Å². The molecular weight excluding hydrogens is 354 g/mol. The minimum atomic E-state index is -0.431. The molecule has 1 heterocycles. The Morgan fingerprint density at radius 3 is 2.54 bits per heavy atom. The summed E-state index contributed by atoms with van der Waals surface area (Å²) < 4.78 is 5.77. The number of carbonyl (C=O) groups is 1. The fraction of sp³-hybridized carbons (Fsp3) is 0.143. The van der Waals surface area contributed by atoms with Gasteiger partial charge in [0.15, 0.2) is 0 Å². The van der Waals surface area contributed by atoms with Crippen LogP contribution in [0.2, 0.25) is 0 Å². The number of benzene rings is 2. The summed E-state index contributed by atoms with van der Waals surface area (Å²) in [6, 6.07) is 17.8. The van der Waals surface area contributed by atoms with Crippen molar-refractivity contribution in [1.82, 2.24) is 9.97 Å². The first kappa shape index (κ1) is 18.9. The van der Waals surface area contributed by atoms with E-state index in [2.05, 4.69) is 20.6 Å². The summed E-state index contributed by atoms with van der Waals surface area (Å²) in [6.07, 6.45) is 1.51. The highest BCUT2D eigenvalue weighted by atomic mass is 16.5. The first-order valence-corrected chi connectivity index (χ1v) is 8.73. The third kappa shape index (κ3) is 4.62. The molecule has 0 aliphatic carbocycles. The van der Waals surface area contributed by atoms with Crippen molar-refractivity contribution in [2.75, 3.05) is 10.6 Å². The number of para-hydroxylation sites is 3. The summed E-state index contributed by atoms with van der Waals surface area (Å²) in [6.45, 7) is 3.88. The number of amides is 1. The number of nitrogens with zero attached hydrogens (tertiary/aromatic N) is 3. The lowest BCUT2D eigenvalue weighted by Gasteiger charge is -2.15. The maximum absolute atomic E-state index is 12.5. The van der Waals surface area contributed by atoms with Gasteiger partial charge < -0.3 is 15.4 Å². The van der Waals surface area contributed by atoms with Crippen molar-refractivity contribution in [2.45, 2.75) is 20.0 Å². The molecule has 3 rings (SSSR count). The van der Waals surface area contributed by atoms with E-state index in [0.717, 1.165) is 0 Å². The van der Waals surface area contributed by atoms with Crippen LogP contribution in [0.4, 0.5) is 17.3 Å². The van der Waals surface area contributed by atoms with Gasteiger partial charge in [-0.1, -0.05) is 24.3 Å². The molecule has 0 spiro atoms. The van der Waals surface area contributed by atoms with Crippen LogP contribution in [0.1, 0.15) is 29.9 Å². The second-order valence-electron chi connectivity index (χ2n) is 6.16. The molecule has 0 saturated heterocycles. The summed E-state index contributed by atoms with van der Waals surface area (Å²) in [5, 5.41) is 14.9. The summed E-state index contributed by atoms with van der Waals surface area (Å²) in [7, 11) is 0. The molecule has 2 N–H and O–H groups in total. The average molecular weight is 373 g/mol. The molecule has 140 valence electrons. The number of carbonyl (C=O) groups excluding carboxylic acids is 1. The third-order valence-corrected chi connectivity index (χ3v) is 3.68. The molecule has 0 saturated carbocycles. The number of rotatable bonds is 6. The highest BCUT2D eigenvalue weighted by Crippen LogP contribution is 2.27. The Balaban J connectivity index is 1.80. The molecule has 0 unspecified atom stereocenters. The molecule has 28 heavy (non-hydrogen) atoms. The van der Waals surface area contributed by atoms with Gasteiger partial charge in [0.25, 0.3) is 5.91 Å². The molecule has 7 nitrogen and oxygen atoms in total. The zero-order valence-corrected chi connectivity index (χ0v) is 15.5. The standard InChI is InChI=1S/C21H19N5O2/c1-14(2)28-19-10-6-5-9-17(19)25-21-23-12-11-18(26-21)20(27)24-16-8-4-3-7-15(16)13-22/h3-12,14H,1-2H3,(H,24,27)(H,23,25,26). The predicted molar refractivity (Wildman–Crippen MR) is 107 cm³/mol. The molecular formula is C21H19N5O2. The van der Waals surface area contributed by atoms with E-state index in [1.54, 1.807) is 24.3 Å². The number of anilines is 3. The molecule has 0 aliphatic heterocycles. The van der Waals surface area contributed by atoms with Crippen LogP contribution in [0.25, 0.3) is 0 Å².